The maximum atomic E-state index is 5.95. The lowest BCUT2D eigenvalue weighted by atomic mass is 9.98. The monoisotopic (exact) mass is 386 g/mol. The first-order valence-corrected chi connectivity index (χ1v) is 10.1. The fourth-order valence-corrected chi connectivity index (χ4v) is 4.28. The Morgan fingerprint density at radius 2 is 2.03 bits per heavy atom. The van der Waals surface area contributed by atoms with Gasteiger partial charge in [0, 0.05) is 43.5 Å². The lowest BCUT2D eigenvalue weighted by Crippen LogP contribution is -2.44. The van der Waals surface area contributed by atoms with Crippen molar-refractivity contribution in [2.45, 2.75) is 25.0 Å². The summed E-state index contributed by atoms with van der Waals surface area (Å²) in [5.41, 5.74) is 6.53. The molecule has 7 heteroatoms. The summed E-state index contributed by atoms with van der Waals surface area (Å²) in [7, 11) is 1.93. The second-order valence-corrected chi connectivity index (χ2v) is 8.15. The van der Waals surface area contributed by atoms with Gasteiger partial charge in [-0.2, -0.15) is 5.10 Å². The molecule has 0 atom stereocenters. The third kappa shape index (κ3) is 2.93. The minimum Gasteiger partial charge on any atom is -0.371 e. The van der Waals surface area contributed by atoms with E-state index in [1.54, 1.807) is 6.33 Å². The van der Waals surface area contributed by atoms with Crippen LogP contribution in [0.1, 0.15) is 29.7 Å². The number of nitrogens with zero attached hydrogens (tertiary/aromatic N) is 6. The van der Waals surface area contributed by atoms with Gasteiger partial charge in [-0.15, -0.1) is 0 Å². The Balaban J connectivity index is 1.33. The zero-order valence-electron chi connectivity index (χ0n) is 16.4. The largest absolute Gasteiger partial charge is 0.371 e. The third-order valence-electron chi connectivity index (χ3n) is 6.09. The Morgan fingerprint density at radius 3 is 2.86 bits per heavy atom. The van der Waals surface area contributed by atoms with Gasteiger partial charge < -0.3 is 9.64 Å². The van der Waals surface area contributed by atoms with E-state index in [4.69, 9.17) is 9.73 Å². The number of hydrogen-bond donors (Lipinski definition) is 0. The molecule has 0 unspecified atom stereocenters. The molecule has 2 aromatic heterocycles. The Labute approximate surface area is 169 Å². The number of anilines is 1. The molecule has 3 aliphatic rings. The van der Waals surface area contributed by atoms with Crippen LogP contribution in [0.3, 0.4) is 0 Å². The van der Waals surface area contributed by atoms with Crippen LogP contribution in [-0.4, -0.2) is 50.8 Å². The summed E-state index contributed by atoms with van der Waals surface area (Å²) >= 11 is 0. The van der Waals surface area contributed by atoms with Crippen LogP contribution in [0, 0.1) is 0 Å². The van der Waals surface area contributed by atoms with E-state index in [9.17, 15) is 0 Å². The maximum absolute atomic E-state index is 5.95. The zero-order chi connectivity index (χ0) is 19.4. The highest BCUT2D eigenvalue weighted by atomic mass is 16.5. The molecule has 0 bridgehead atoms. The van der Waals surface area contributed by atoms with Crippen LogP contribution in [0.5, 0.6) is 0 Å². The Morgan fingerprint density at radius 1 is 1.10 bits per heavy atom. The molecule has 0 amide bonds. The van der Waals surface area contributed by atoms with E-state index in [0.717, 1.165) is 66.5 Å². The Kier molecular flexibility index (Phi) is 3.61. The molecule has 1 saturated carbocycles. The van der Waals surface area contributed by atoms with Gasteiger partial charge in [-0.05, 0) is 30.0 Å². The molecule has 2 aliphatic heterocycles. The van der Waals surface area contributed by atoms with Crippen LogP contribution in [0.25, 0.3) is 11.1 Å². The predicted molar refractivity (Wildman–Crippen MR) is 110 cm³/mol. The smallest absolute Gasteiger partial charge is 0.132 e. The van der Waals surface area contributed by atoms with E-state index in [0.29, 0.717) is 6.54 Å². The van der Waals surface area contributed by atoms with Crippen LogP contribution in [0.4, 0.5) is 5.82 Å². The van der Waals surface area contributed by atoms with Gasteiger partial charge in [-0.25, -0.2) is 9.97 Å². The highest BCUT2D eigenvalue weighted by molar-refractivity contribution is 6.14. The van der Waals surface area contributed by atoms with E-state index in [1.807, 2.05) is 24.1 Å². The van der Waals surface area contributed by atoms with E-state index in [1.165, 1.54) is 5.56 Å². The number of ether oxygens (including phenoxy) is 1. The van der Waals surface area contributed by atoms with E-state index >= 15 is 0 Å². The van der Waals surface area contributed by atoms with Crippen molar-refractivity contribution >= 4 is 11.5 Å². The van der Waals surface area contributed by atoms with Crippen molar-refractivity contribution in [3.05, 3.63) is 59.8 Å². The number of aryl methyl sites for hydroxylation is 1. The average molecular weight is 386 g/mol. The van der Waals surface area contributed by atoms with Gasteiger partial charge in [-0.3, -0.25) is 9.67 Å². The van der Waals surface area contributed by atoms with Crippen LogP contribution in [0.15, 0.2) is 48.0 Å². The first-order chi connectivity index (χ1) is 14.2. The maximum Gasteiger partial charge on any atom is 0.132 e. The molecule has 1 spiro atoms. The summed E-state index contributed by atoms with van der Waals surface area (Å²) in [6.45, 7) is 3.24. The average Bonchev–Trinajstić information content (AvgIpc) is 3.15. The predicted octanol–water partition coefficient (Wildman–Crippen LogP) is 2.60. The highest BCUT2D eigenvalue weighted by Gasteiger charge is 2.47. The summed E-state index contributed by atoms with van der Waals surface area (Å²) in [5, 5.41) is 4.29. The number of morpholine rings is 1. The molecule has 1 saturated heterocycles. The third-order valence-corrected chi connectivity index (χ3v) is 6.09. The van der Waals surface area contributed by atoms with Crippen molar-refractivity contribution in [2.24, 2.45) is 12.0 Å². The molecule has 3 aromatic rings. The molecule has 2 fully saturated rings. The number of hydrogen-bond acceptors (Lipinski definition) is 6. The lowest BCUT2D eigenvalue weighted by molar-refractivity contribution is 0.0203. The Hall–Kier alpha value is -3.06. The fraction of sp³-hybridized carbons (Fsp3) is 0.364. The minimum atomic E-state index is 0.0689. The molecule has 0 N–H and O–H groups in total. The second-order valence-electron chi connectivity index (χ2n) is 8.15. The van der Waals surface area contributed by atoms with E-state index < -0.39 is 0 Å². The number of rotatable bonds is 3. The molecular weight excluding hydrogens is 364 g/mol. The number of fused-ring (bicyclic) bond motifs is 1. The molecule has 29 heavy (non-hydrogen) atoms. The minimum absolute atomic E-state index is 0.0689. The molecule has 7 nitrogen and oxygen atoms in total. The summed E-state index contributed by atoms with van der Waals surface area (Å²) < 4.78 is 7.77. The van der Waals surface area contributed by atoms with Gasteiger partial charge in [0.05, 0.1) is 36.4 Å². The fourth-order valence-electron chi connectivity index (χ4n) is 4.28. The van der Waals surface area contributed by atoms with E-state index in [-0.39, 0.29) is 5.60 Å². The van der Waals surface area contributed by atoms with Crippen LogP contribution in [-0.2, 0) is 18.3 Å². The SMILES string of the molecule is Cn1cc(-c2ccc3c(c2)C(c2cc(N4CCOC5(CC5)C4)ncn2)=NC3)cn1. The second kappa shape index (κ2) is 6.22. The molecule has 6 rings (SSSR count). The number of aromatic nitrogens is 4. The highest BCUT2D eigenvalue weighted by Crippen LogP contribution is 2.42. The molecule has 146 valence electrons. The molecular formula is C22H22N6O. The standard InChI is InChI=1S/C22H22N6O/c1-27-12-17(11-26-27)15-2-3-16-10-23-21(18(16)8-15)19-9-20(25-14-24-19)28-6-7-29-22(13-28)4-5-22/h2-3,8-9,11-12,14H,4-7,10,13H2,1H3. The van der Waals surface area contributed by atoms with Gasteiger partial charge in [-0.1, -0.05) is 12.1 Å². The molecule has 4 heterocycles. The van der Waals surface area contributed by atoms with Gasteiger partial charge >= 0.3 is 0 Å². The summed E-state index contributed by atoms with van der Waals surface area (Å²) in [4.78, 5) is 16.2. The summed E-state index contributed by atoms with van der Waals surface area (Å²) in [6.07, 6.45) is 7.88. The molecule has 1 aromatic carbocycles. The normalized spacial score (nSPS) is 19.3. The van der Waals surface area contributed by atoms with Crippen molar-refractivity contribution in [1.29, 1.82) is 0 Å². The van der Waals surface area contributed by atoms with Crippen molar-refractivity contribution in [2.75, 3.05) is 24.6 Å². The number of aliphatic imine (C=N–C) groups is 1. The van der Waals surface area contributed by atoms with Crippen LogP contribution >= 0.6 is 0 Å². The summed E-state index contributed by atoms with van der Waals surface area (Å²) in [6, 6.07) is 8.58. The topological polar surface area (TPSA) is 68.4 Å². The first kappa shape index (κ1) is 16.9. The lowest BCUT2D eigenvalue weighted by Gasteiger charge is -2.34. The van der Waals surface area contributed by atoms with Crippen LogP contribution < -0.4 is 4.90 Å². The molecule has 0 radical (unpaired) electrons. The van der Waals surface area contributed by atoms with Crippen molar-refractivity contribution in [3.63, 3.8) is 0 Å². The van der Waals surface area contributed by atoms with E-state index in [2.05, 4.69) is 44.2 Å². The quantitative estimate of drug-likeness (QED) is 0.692. The van der Waals surface area contributed by atoms with Gasteiger partial charge in [0.25, 0.3) is 0 Å². The first-order valence-electron chi connectivity index (χ1n) is 10.1. The van der Waals surface area contributed by atoms with Gasteiger partial charge in [0.15, 0.2) is 0 Å². The van der Waals surface area contributed by atoms with Gasteiger partial charge in [0.1, 0.15) is 12.1 Å². The van der Waals surface area contributed by atoms with Crippen molar-refractivity contribution in [3.8, 4) is 11.1 Å². The number of benzene rings is 1. The van der Waals surface area contributed by atoms with Crippen molar-refractivity contribution in [1.82, 2.24) is 19.7 Å². The van der Waals surface area contributed by atoms with Crippen LogP contribution in [0.2, 0.25) is 0 Å². The zero-order valence-corrected chi connectivity index (χ0v) is 16.4. The Bertz CT molecular complexity index is 1130. The summed E-state index contributed by atoms with van der Waals surface area (Å²) in [5.74, 6) is 0.962. The van der Waals surface area contributed by atoms with Crippen molar-refractivity contribution < 1.29 is 4.74 Å². The molecule has 1 aliphatic carbocycles. The van der Waals surface area contributed by atoms with Gasteiger partial charge in [0.2, 0.25) is 0 Å².